The molecule has 2 aromatic rings. The van der Waals surface area contributed by atoms with Crippen molar-refractivity contribution in [2.45, 2.75) is 5.88 Å². The van der Waals surface area contributed by atoms with Crippen LogP contribution < -0.4 is 5.32 Å². The van der Waals surface area contributed by atoms with Crippen molar-refractivity contribution in [3.8, 4) is 0 Å². The van der Waals surface area contributed by atoms with Gasteiger partial charge in [0.1, 0.15) is 5.82 Å². The fraction of sp³-hybridized carbons (Fsp3) is 0.0833. The number of benzene rings is 1. The van der Waals surface area contributed by atoms with Gasteiger partial charge in [0.15, 0.2) is 0 Å². The number of aromatic nitrogens is 1. The third kappa shape index (κ3) is 3.35. The van der Waals surface area contributed by atoms with Crippen molar-refractivity contribution >= 4 is 50.6 Å². The van der Waals surface area contributed by atoms with Gasteiger partial charge in [0, 0.05) is 17.8 Å². The molecule has 17 heavy (non-hydrogen) atoms. The maximum absolute atomic E-state index is 5.83. The van der Waals surface area contributed by atoms with Crippen molar-refractivity contribution in [1.82, 2.24) is 4.98 Å². The molecule has 2 rings (SSSR count). The van der Waals surface area contributed by atoms with E-state index in [-0.39, 0.29) is 0 Å². The van der Waals surface area contributed by atoms with Crippen LogP contribution in [-0.4, -0.2) is 4.98 Å². The maximum Gasteiger partial charge on any atom is 0.144 e. The molecule has 1 N–H and O–H groups in total. The van der Waals surface area contributed by atoms with Gasteiger partial charge in [-0.25, -0.2) is 4.98 Å². The molecule has 2 nitrogen and oxygen atoms in total. The van der Waals surface area contributed by atoms with Gasteiger partial charge in [-0.3, -0.25) is 0 Å². The molecule has 0 radical (unpaired) electrons. The highest BCUT2D eigenvalue weighted by molar-refractivity contribution is 9.10. The molecule has 0 aliphatic rings. The Hall–Kier alpha value is -0.770. The molecular weight excluding hydrogens is 323 g/mol. The summed E-state index contributed by atoms with van der Waals surface area (Å²) in [6.45, 7) is 0. The molecule has 0 saturated carbocycles. The third-order valence-electron chi connectivity index (χ3n) is 2.15. The van der Waals surface area contributed by atoms with E-state index in [1.54, 1.807) is 12.3 Å². The Morgan fingerprint density at radius 1 is 1.29 bits per heavy atom. The van der Waals surface area contributed by atoms with Crippen LogP contribution in [-0.2, 0) is 5.88 Å². The fourth-order valence-electron chi connectivity index (χ4n) is 1.38. The first kappa shape index (κ1) is 12.7. The second kappa shape index (κ2) is 5.71. The standard InChI is InChI=1S/C12H9BrCl2N2/c13-11-5-9(15)7-16-12(11)17-10-3-1-2-8(4-10)6-14/h1-5,7H,6H2,(H,16,17). The molecule has 1 aromatic carbocycles. The summed E-state index contributed by atoms with van der Waals surface area (Å²) in [6.07, 6.45) is 1.60. The number of rotatable bonds is 3. The van der Waals surface area contributed by atoms with Crippen molar-refractivity contribution < 1.29 is 0 Å². The van der Waals surface area contributed by atoms with Crippen molar-refractivity contribution in [1.29, 1.82) is 0 Å². The average Bonchev–Trinajstić information content (AvgIpc) is 2.33. The Kier molecular flexibility index (Phi) is 4.26. The van der Waals surface area contributed by atoms with Gasteiger partial charge in [-0.15, -0.1) is 11.6 Å². The van der Waals surface area contributed by atoms with E-state index >= 15 is 0 Å². The second-order valence-electron chi connectivity index (χ2n) is 3.44. The van der Waals surface area contributed by atoms with E-state index in [0.29, 0.717) is 10.9 Å². The summed E-state index contributed by atoms with van der Waals surface area (Å²) >= 11 is 15.0. The molecule has 1 heterocycles. The SMILES string of the molecule is ClCc1cccc(Nc2ncc(Cl)cc2Br)c1. The molecule has 1 aromatic heterocycles. The number of nitrogens with one attached hydrogen (secondary N) is 1. The summed E-state index contributed by atoms with van der Waals surface area (Å²) in [4.78, 5) is 4.21. The molecule has 0 fully saturated rings. The molecule has 0 saturated heterocycles. The Labute approximate surface area is 118 Å². The van der Waals surface area contributed by atoms with Gasteiger partial charge in [-0.2, -0.15) is 0 Å². The normalized spacial score (nSPS) is 10.3. The predicted molar refractivity (Wildman–Crippen MR) is 76.2 cm³/mol. The molecule has 0 aliphatic heterocycles. The van der Waals surface area contributed by atoms with Gasteiger partial charge in [0.25, 0.3) is 0 Å². The van der Waals surface area contributed by atoms with E-state index in [9.17, 15) is 0 Å². The molecule has 5 heteroatoms. The molecule has 0 spiro atoms. The van der Waals surface area contributed by atoms with Crippen LogP contribution in [0.1, 0.15) is 5.56 Å². The van der Waals surface area contributed by atoms with Gasteiger partial charge < -0.3 is 5.32 Å². The van der Waals surface area contributed by atoms with Gasteiger partial charge in [0.2, 0.25) is 0 Å². The zero-order valence-electron chi connectivity index (χ0n) is 8.75. The minimum Gasteiger partial charge on any atom is -0.339 e. The summed E-state index contributed by atoms with van der Waals surface area (Å²) in [5.74, 6) is 1.21. The van der Waals surface area contributed by atoms with E-state index < -0.39 is 0 Å². The number of nitrogens with zero attached hydrogens (tertiary/aromatic N) is 1. The first-order valence-corrected chi connectivity index (χ1v) is 6.62. The number of alkyl halides is 1. The minimum absolute atomic E-state index is 0.491. The minimum atomic E-state index is 0.491. The molecule has 0 unspecified atom stereocenters. The van der Waals surface area contributed by atoms with Gasteiger partial charge >= 0.3 is 0 Å². The highest BCUT2D eigenvalue weighted by Crippen LogP contribution is 2.26. The highest BCUT2D eigenvalue weighted by Gasteiger charge is 2.03. The second-order valence-corrected chi connectivity index (χ2v) is 5.00. The lowest BCUT2D eigenvalue weighted by atomic mass is 10.2. The van der Waals surface area contributed by atoms with Crippen LogP contribution in [0.4, 0.5) is 11.5 Å². The quantitative estimate of drug-likeness (QED) is 0.802. The predicted octanol–water partition coefficient (Wildman–Crippen LogP) is 4.98. The molecular formula is C12H9BrCl2N2. The highest BCUT2D eigenvalue weighted by atomic mass is 79.9. The first-order chi connectivity index (χ1) is 8.19. The lowest BCUT2D eigenvalue weighted by Gasteiger charge is -2.08. The molecule has 0 aliphatic carbocycles. The van der Waals surface area contributed by atoms with Crippen LogP contribution in [0.2, 0.25) is 5.02 Å². The van der Waals surface area contributed by atoms with E-state index in [1.165, 1.54) is 0 Å². The van der Waals surface area contributed by atoms with E-state index in [4.69, 9.17) is 23.2 Å². The summed E-state index contributed by atoms with van der Waals surface area (Å²) in [6, 6.07) is 9.66. The molecule has 0 bridgehead atoms. The summed E-state index contributed by atoms with van der Waals surface area (Å²) in [5.41, 5.74) is 2.00. The van der Waals surface area contributed by atoms with E-state index in [2.05, 4.69) is 26.2 Å². The van der Waals surface area contributed by atoms with Crippen LogP contribution in [0.5, 0.6) is 0 Å². The summed E-state index contributed by atoms with van der Waals surface area (Å²) in [7, 11) is 0. The topological polar surface area (TPSA) is 24.9 Å². The zero-order chi connectivity index (χ0) is 12.3. The Bertz CT molecular complexity index is 532. The van der Waals surface area contributed by atoms with E-state index in [1.807, 2.05) is 24.3 Å². The Balaban J connectivity index is 2.25. The lowest BCUT2D eigenvalue weighted by molar-refractivity contribution is 1.28. The van der Waals surface area contributed by atoms with Gasteiger partial charge in [0.05, 0.1) is 9.50 Å². The van der Waals surface area contributed by atoms with Crippen molar-refractivity contribution in [3.05, 3.63) is 51.6 Å². The number of hydrogen-bond acceptors (Lipinski definition) is 2. The van der Waals surface area contributed by atoms with Crippen LogP contribution in [0, 0.1) is 0 Å². The number of halogens is 3. The largest absolute Gasteiger partial charge is 0.339 e. The first-order valence-electron chi connectivity index (χ1n) is 4.92. The Morgan fingerprint density at radius 2 is 2.12 bits per heavy atom. The smallest absolute Gasteiger partial charge is 0.144 e. The van der Waals surface area contributed by atoms with Crippen LogP contribution in [0.25, 0.3) is 0 Å². The monoisotopic (exact) mass is 330 g/mol. The third-order valence-corrected chi connectivity index (χ3v) is 3.27. The number of hydrogen-bond donors (Lipinski definition) is 1. The van der Waals surface area contributed by atoms with Crippen LogP contribution in [0.15, 0.2) is 41.0 Å². The van der Waals surface area contributed by atoms with Crippen molar-refractivity contribution in [2.24, 2.45) is 0 Å². The van der Waals surface area contributed by atoms with Crippen LogP contribution >= 0.6 is 39.1 Å². The van der Waals surface area contributed by atoms with Crippen LogP contribution in [0.3, 0.4) is 0 Å². The molecule has 88 valence electrons. The summed E-state index contributed by atoms with van der Waals surface area (Å²) in [5, 5.41) is 3.79. The van der Waals surface area contributed by atoms with Gasteiger partial charge in [-0.1, -0.05) is 23.7 Å². The number of pyridine rings is 1. The number of anilines is 2. The van der Waals surface area contributed by atoms with E-state index in [0.717, 1.165) is 21.5 Å². The average molecular weight is 332 g/mol. The molecule has 0 amide bonds. The maximum atomic E-state index is 5.83. The zero-order valence-corrected chi connectivity index (χ0v) is 11.9. The summed E-state index contributed by atoms with van der Waals surface area (Å²) < 4.78 is 0.821. The fourth-order valence-corrected chi connectivity index (χ4v) is 2.28. The molecule has 0 atom stereocenters. The lowest BCUT2D eigenvalue weighted by Crippen LogP contribution is -1.95. The Morgan fingerprint density at radius 3 is 2.82 bits per heavy atom. The van der Waals surface area contributed by atoms with Crippen molar-refractivity contribution in [3.63, 3.8) is 0 Å². The van der Waals surface area contributed by atoms with Crippen molar-refractivity contribution in [2.75, 3.05) is 5.32 Å². The van der Waals surface area contributed by atoms with Gasteiger partial charge in [-0.05, 0) is 39.7 Å².